The zero-order valence-electron chi connectivity index (χ0n) is 14.2. The molecule has 27 heavy (non-hydrogen) atoms. The fourth-order valence-corrected chi connectivity index (χ4v) is 2.61. The number of hydrogen-bond acceptors (Lipinski definition) is 5. The first kappa shape index (κ1) is 18.7. The van der Waals surface area contributed by atoms with Gasteiger partial charge in [0.25, 0.3) is 0 Å². The van der Waals surface area contributed by atoms with Crippen molar-refractivity contribution in [1.29, 1.82) is 0 Å². The van der Waals surface area contributed by atoms with Gasteiger partial charge in [0.1, 0.15) is 17.3 Å². The summed E-state index contributed by atoms with van der Waals surface area (Å²) >= 11 is 5.77. The second kappa shape index (κ2) is 8.09. The Balaban J connectivity index is 2.07. The highest BCUT2D eigenvalue weighted by Crippen LogP contribution is 2.29. The molecule has 0 bridgehead atoms. The lowest BCUT2D eigenvalue weighted by atomic mass is 10.1. The Hall–Kier alpha value is -3.06. The van der Waals surface area contributed by atoms with E-state index in [1.165, 1.54) is 19.2 Å². The number of rotatable bonds is 5. The van der Waals surface area contributed by atoms with Crippen LogP contribution in [0.15, 0.2) is 48.5 Å². The molecule has 0 spiro atoms. The average Bonchev–Trinajstić information content (AvgIpc) is 2.68. The Morgan fingerprint density at radius 3 is 2.37 bits per heavy atom. The van der Waals surface area contributed by atoms with Crippen LogP contribution >= 0.6 is 11.6 Å². The lowest BCUT2D eigenvalue weighted by molar-refractivity contribution is 0.0594. The molecule has 1 heterocycles. The molecule has 0 saturated carbocycles. The van der Waals surface area contributed by atoms with E-state index in [2.05, 4.69) is 15.5 Å². The van der Waals surface area contributed by atoms with E-state index >= 15 is 0 Å². The predicted octanol–water partition coefficient (Wildman–Crippen LogP) is 4.69. The van der Waals surface area contributed by atoms with Crippen molar-refractivity contribution in [3.63, 3.8) is 0 Å². The zero-order chi connectivity index (χ0) is 19.4. The van der Waals surface area contributed by atoms with Gasteiger partial charge in [0.2, 0.25) is 0 Å². The first-order valence-electron chi connectivity index (χ1n) is 7.86. The normalized spacial score (nSPS) is 10.5. The summed E-state index contributed by atoms with van der Waals surface area (Å²) in [5.41, 5.74) is 1.24. The van der Waals surface area contributed by atoms with Crippen LogP contribution in [-0.4, -0.2) is 23.3 Å². The van der Waals surface area contributed by atoms with E-state index in [4.69, 9.17) is 16.3 Å². The van der Waals surface area contributed by atoms with Crippen molar-refractivity contribution in [2.75, 3.05) is 12.4 Å². The summed E-state index contributed by atoms with van der Waals surface area (Å²) in [6.07, 6.45) is 0. The molecule has 0 aliphatic carbocycles. The van der Waals surface area contributed by atoms with Crippen LogP contribution in [0.25, 0.3) is 11.3 Å². The van der Waals surface area contributed by atoms with Gasteiger partial charge in [-0.25, -0.2) is 13.6 Å². The molecule has 0 amide bonds. The average molecular weight is 390 g/mol. The zero-order valence-corrected chi connectivity index (χ0v) is 14.9. The van der Waals surface area contributed by atoms with Gasteiger partial charge in [0, 0.05) is 11.6 Å². The van der Waals surface area contributed by atoms with Crippen molar-refractivity contribution in [3.05, 3.63) is 71.4 Å². The first-order valence-corrected chi connectivity index (χ1v) is 8.39. The van der Waals surface area contributed by atoms with Gasteiger partial charge >= 0.3 is 5.97 Å². The van der Waals surface area contributed by atoms with Crippen molar-refractivity contribution < 1.29 is 18.3 Å². The highest BCUT2D eigenvalue weighted by molar-refractivity contribution is 6.17. The number of ether oxygens (including phenoxy) is 1. The number of aromatic nitrogens is 2. The number of carbonyl (C=O) groups is 1. The SMILES string of the molecule is COC(=O)c1nnc(-c2c(F)cccc2F)cc1Nc1ccc(CCl)cc1. The third-order valence-corrected chi connectivity index (χ3v) is 4.09. The maximum atomic E-state index is 14.1. The quantitative estimate of drug-likeness (QED) is 0.506. The lowest BCUT2D eigenvalue weighted by Gasteiger charge is -2.12. The largest absolute Gasteiger partial charge is 0.464 e. The van der Waals surface area contributed by atoms with Gasteiger partial charge in [0.15, 0.2) is 5.69 Å². The molecular formula is C19H14ClF2N3O2. The molecule has 0 radical (unpaired) electrons. The molecule has 138 valence electrons. The summed E-state index contributed by atoms with van der Waals surface area (Å²) in [5, 5.41) is 10.6. The number of halogens is 3. The van der Waals surface area contributed by atoms with Crippen molar-refractivity contribution in [2.45, 2.75) is 5.88 Å². The Morgan fingerprint density at radius 2 is 1.78 bits per heavy atom. The Labute approximate surface area is 159 Å². The third kappa shape index (κ3) is 4.03. The van der Waals surface area contributed by atoms with E-state index < -0.39 is 17.6 Å². The van der Waals surface area contributed by atoms with Gasteiger partial charge in [0.05, 0.1) is 18.4 Å². The van der Waals surface area contributed by atoms with Crippen LogP contribution in [-0.2, 0) is 10.6 Å². The monoisotopic (exact) mass is 389 g/mol. The number of alkyl halides is 1. The molecule has 0 aliphatic heterocycles. The number of esters is 1. The van der Waals surface area contributed by atoms with Gasteiger partial charge in [-0.15, -0.1) is 21.8 Å². The maximum absolute atomic E-state index is 14.1. The van der Waals surface area contributed by atoms with E-state index in [-0.39, 0.29) is 22.6 Å². The molecule has 2 aromatic carbocycles. The van der Waals surface area contributed by atoms with E-state index in [0.29, 0.717) is 11.6 Å². The summed E-state index contributed by atoms with van der Waals surface area (Å²) in [4.78, 5) is 12.0. The minimum absolute atomic E-state index is 0.0573. The van der Waals surface area contributed by atoms with Gasteiger partial charge in [-0.05, 0) is 35.9 Å². The molecule has 0 fully saturated rings. The van der Waals surface area contributed by atoms with Gasteiger partial charge in [-0.1, -0.05) is 18.2 Å². The van der Waals surface area contributed by atoms with Crippen LogP contribution in [0, 0.1) is 11.6 Å². The molecule has 0 saturated heterocycles. The van der Waals surface area contributed by atoms with Gasteiger partial charge in [-0.2, -0.15) is 0 Å². The van der Waals surface area contributed by atoms with Crippen molar-refractivity contribution >= 4 is 28.9 Å². The molecule has 3 rings (SSSR count). The van der Waals surface area contributed by atoms with Crippen LogP contribution in [0.1, 0.15) is 16.1 Å². The van der Waals surface area contributed by atoms with Crippen molar-refractivity contribution in [1.82, 2.24) is 10.2 Å². The molecule has 1 N–H and O–H groups in total. The summed E-state index contributed by atoms with van der Waals surface area (Å²) < 4.78 is 32.8. The molecule has 8 heteroatoms. The number of methoxy groups -OCH3 is 1. The molecular weight excluding hydrogens is 376 g/mol. The summed E-state index contributed by atoms with van der Waals surface area (Å²) in [7, 11) is 1.20. The van der Waals surface area contributed by atoms with E-state index in [0.717, 1.165) is 17.7 Å². The lowest BCUT2D eigenvalue weighted by Crippen LogP contribution is -2.10. The highest BCUT2D eigenvalue weighted by atomic mass is 35.5. The molecule has 0 atom stereocenters. The Morgan fingerprint density at radius 1 is 1.11 bits per heavy atom. The summed E-state index contributed by atoms with van der Waals surface area (Å²) in [6.45, 7) is 0. The van der Waals surface area contributed by atoms with E-state index in [9.17, 15) is 13.6 Å². The predicted molar refractivity (Wildman–Crippen MR) is 98.0 cm³/mol. The van der Waals surface area contributed by atoms with Crippen LogP contribution in [0.5, 0.6) is 0 Å². The van der Waals surface area contributed by atoms with Crippen molar-refractivity contribution in [3.8, 4) is 11.3 Å². The number of anilines is 2. The van der Waals surface area contributed by atoms with Crippen LogP contribution in [0.2, 0.25) is 0 Å². The smallest absolute Gasteiger partial charge is 0.360 e. The summed E-state index contributed by atoms with van der Waals surface area (Å²) in [6, 6.07) is 11.9. The fraction of sp³-hybridized carbons (Fsp3) is 0.105. The minimum atomic E-state index is -0.785. The second-order valence-electron chi connectivity index (χ2n) is 5.54. The van der Waals surface area contributed by atoms with Gasteiger partial charge < -0.3 is 10.1 Å². The number of hydrogen-bond donors (Lipinski definition) is 1. The standard InChI is InChI=1S/C19H14ClF2N3O2/c1-27-19(26)18-16(23-12-7-5-11(10-20)6-8-12)9-15(24-25-18)17-13(21)3-2-4-14(17)22/h2-9H,10H2,1H3,(H,23,24). The van der Waals surface area contributed by atoms with E-state index in [1.807, 2.05) is 0 Å². The maximum Gasteiger partial charge on any atom is 0.360 e. The number of nitrogens with one attached hydrogen (secondary N) is 1. The molecule has 3 aromatic rings. The minimum Gasteiger partial charge on any atom is -0.464 e. The molecule has 0 unspecified atom stereocenters. The molecule has 5 nitrogen and oxygen atoms in total. The third-order valence-electron chi connectivity index (χ3n) is 3.78. The van der Waals surface area contributed by atoms with Crippen LogP contribution in [0.4, 0.5) is 20.2 Å². The second-order valence-corrected chi connectivity index (χ2v) is 5.80. The Bertz CT molecular complexity index is 961. The number of benzene rings is 2. The highest BCUT2D eigenvalue weighted by Gasteiger charge is 2.20. The van der Waals surface area contributed by atoms with E-state index in [1.54, 1.807) is 24.3 Å². The molecule has 0 aliphatic rings. The Kier molecular flexibility index (Phi) is 5.61. The first-order chi connectivity index (χ1) is 13.0. The van der Waals surface area contributed by atoms with Crippen LogP contribution in [0.3, 0.4) is 0 Å². The fourth-order valence-electron chi connectivity index (χ4n) is 2.43. The van der Waals surface area contributed by atoms with Crippen LogP contribution < -0.4 is 5.32 Å². The molecule has 1 aromatic heterocycles. The van der Waals surface area contributed by atoms with Crippen molar-refractivity contribution in [2.24, 2.45) is 0 Å². The number of carbonyl (C=O) groups excluding carboxylic acids is 1. The van der Waals surface area contributed by atoms with Gasteiger partial charge in [-0.3, -0.25) is 0 Å². The summed E-state index contributed by atoms with van der Waals surface area (Å²) in [5.74, 6) is -1.94. The topological polar surface area (TPSA) is 64.1 Å². The number of nitrogens with zero attached hydrogens (tertiary/aromatic N) is 2.